The molecule has 5 heteroatoms. The van der Waals surface area contributed by atoms with Gasteiger partial charge in [-0.05, 0) is 50.3 Å². The third-order valence-corrected chi connectivity index (χ3v) is 7.61. The van der Waals surface area contributed by atoms with Crippen LogP contribution in [0.15, 0.2) is 24.3 Å². The summed E-state index contributed by atoms with van der Waals surface area (Å²) < 4.78 is 26.6. The molecule has 1 aromatic rings. The average Bonchev–Trinajstić information content (AvgIpc) is 2.61. The van der Waals surface area contributed by atoms with Crippen molar-refractivity contribution in [1.82, 2.24) is 4.90 Å². The zero-order chi connectivity index (χ0) is 17.5. The van der Waals surface area contributed by atoms with E-state index in [-0.39, 0.29) is 5.41 Å². The molecule has 1 saturated heterocycles. The number of hydrogen-bond donors (Lipinski definition) is 0. The van der Waals surface area contributed by atoms with Crippen LogP contribution in [0.4, 0.5) is 5.69 Å². The Hall–Kier alpha value is -0.910. The van der Waals surface area contributed by atoms with Crippen LogP contribution in [0, 0.1) is 5.41 Å². The van der Waals surface area contributed by atoms with E-state index < -0.39 is 10.4 Å². The van der Waals surface area contributed by atoms with Gasteiger partial charge in [-0.3, -0.25) is 4.90 Å². The maximum Gasteiger partial charge on any atom is 0.145 e. The number of hydrogen-bond acceptors (Lipinski definition) is 3. The van der Waals surface area contributed by atoms with E-state index in [2.05, 4.69) is 11.0 Å². The lowest BCUT2D eigenvalue weighted by Crippen LogP contribution is -2.57. The van der Waals surface area contributed by atoms with Gasteiger partial charge in [-0.2, -0.15) is 4.31 Å². The van der Waals surface area contributed by atoms with E-state index in [4.69, 9.17) is 0 Å². The number of rotatable bonds is 2. The molecule has 25 heavy (non-hydrogen) atoms. The number of fused-ring (bicyclic) bond motifs is 1. The highest BCUT2D eigenvalue weighted by atomic mass is 32.3. The van der Waals surface area contributed by atoms with Crippen molar-refractivity contribution < 1.29 is 8.76 Å². The summed E-state index contributed by atoms with van der Waals surface area (Å²) in [7, 11) is -3.24. The fraction of sp³-hybridized carbons (Fsp3) is 0.700. The fourth-order valence-corrected chi connectivity index (χ4v) is 6.37. The van der Waals surface area contributed by atoms with Crippen molar-refractivity contribution in [2.24, 2.45) is 5.41 Å². The number of likely N-dealkylation sites (tertiary alicyclic amines) is 1. The summed E-state index contributed by atoms with van der Waals surface area (Å²) in [6.45, 7) is 2.89. The Morgan fingerprint density at radius 1 is 1.12 bits per heavy atom. The molecule has 0 N–H and O–H groups in total. The van der Waals surface area contributed by atoms with Crippen molar-refractivity contribution in [3.8, 4) is 0 Å². The largest absolute Gasteiger partial charge is 0.593 e. The molecule has 1 aliphatic carbocycles. The molecular formula is C20H30N2O2S. The molecular weight excluding hydrogens is 332 g/mol. The molecule has 1 aromatic carbocycles. The molecule has 3 aliphatic rings. The van der Waals surface area contributed by atoms with E-state index in [0.29, 0.717) is 6.54 Å². The van der Waals surface area contributed by atoms with E-state index in [1.54, 1.807) is 4.31 Å². The van der Waals surface area contributed by atoms with E-state index >= 15 is 0 Å². The van der Waals surface area contributed by atoms with Crippen LogP contribution in [0.3, 0.4) is 0 Å². The SMILES string of the molecule is C[S+](=O)([O-])N1CC2(CCCN(C3CCCCC3)C2)Cc2ccccc21. The van der Waals surface area contributed by atoms with Crippen molar-refractivity contribution >= 4 is 16.1 Å². The Bertz CT molecular complexity index is 667. The van der Waals surface area contributed by atoms with E-state index in [1.807, 2.05) is 18.2 Å². The van der Waals surface area contributed by atoms with E-state index in [1.165, 1.54) is 56.9 Å². The number of nitrogens with zero attached hydrogens (tertiary/aromatic N) is 2. The summed E-state index contributed by atoms with van der Waals surface area (Å²) in [5.74, 6) is 0. The molecule has 1 saturated carbocycles. The Labute approximate surface area is 153 Å². The van der Waals surface area contributed by atoms with Crippen LogP contribution in [-0.4, -0.2) is 41.4 Å². The second-order valence-corrected chi connectivity index (χ2v) is 10.3. The first-order valence-electron chi connectivity index (χ1n) is 9.77. The molecule has 2 aliphatic heterocycles. The van der Waals surface area contributed by atoms with Gasteiger partial charge >= 0.3 is 0 Å². The minimum atomic E-state index is -3.24. The summed E-state index contributed by atoms with van der Waals surface area (Å²) in [5.41, 5.74) is 2.17. The molecule has 0 bridgehead atoms. The van der Waals surface area contributed by atoms with Gasteiger partial charge in [-0.1, -0.05) is 41.7 Å². The third-order valence-electron chi connectivity index (χ3n) is 6.49. The van der Waals surface area contributed by atoms with Gasteiger partial charge in [0.2, 0.25) is 0 Å². The van der Waals surface area contributed by atoms with Crippen molar-refractivity contribution in [3.63, 3.8) is 0 Å². The molecule has 4 nitrogen and oxygen atoms in total. The van der Waals surface area contributed by atoms with Gasteiger partial charge in [-0.15, -0.1) is 0 Å². The predicted molar refractivity (Wildman–Crippen MR) is 102 cm³/mol. The summed E-state index contributed by atoms with van der Waals surface area (Å²) in [6.07, 6.45) is 11.4. The topological polar surface area (TPSA) is 46.6 Å². The fourth-order valence-electron chi connectivity index (χ4n) is 5.33. The van der Waals surface area contributed by atoms with Crippen LogP contribution in [0.5, 0.6) is 0 Å². The van der Waals surface area contributed by atoms with Gasteiger partial charge in [0.05, 0.1) is 12.2 Å². The molecule has 0 radical (unpaired) electrons. The van der Waals surface area contributed by atoms with Crippen molar-refractivity contribution in [2.75, 3.05) is 30.2 Å². The highest BCUT2D eigenvalue weighted by Crippen LogP contribution is 2.44. The molecule has 2 unspecified atom stereocenters. The first-order chi connectivity index (χ1) is 12.0. The molecule has 138 valence electrons. The molecule has 0 aromatic heterocycles. The Morgan fingerprint density at radius 2 is 1.88 bits per heavy atom. The number of anilines is 1. The van der Waals surface area contributed by atoms with Gasteiger partial charge in [0.25, 0.3) is 0 Å². The van der Waals surface area contributed by atoms with Gasteiger partial charge in [0.15, 0.2) is 0 Å². The minimum Gasteiger partial charge on any atom is -0.593 e. The highest BCUT2D eigenvalue weighted by Gasteiger charge is 2.45. The second-order valence-electron chi connectivity index (χ2n) is 8.44. The predicted octanol–water partition coefficient (Wildman–Crippen LogP) is 3.64. The Kier molecular flexibility index (Phi) is 4.67. The standard InChI is InChI=1S/C20H30N2O2S/c1-25(23,24)22-16-20(14-17-8-5-6-11-19(17)22)12-7-13-21(15-20)18-9-3-2-4-10-18/h5-6,8,11,18H,2-4,7,9-10,12-16H2,1H3. The van der Waals surface area contributed by atoms with Crippen LogP contribution in [0.1, 0.15) is 50.5 Å². The highest BCUT2D eigenvalue weighted by molar-refractivity contribution is 7.98. The molecule has 4 rings (SSSR count). The van der Waals surface area contributed by atoms with Crippen LogP contribution in [0.25, 0.3) is 0 Å². The zero-order valence-electron chi connectivity index (χ0n) is 15.3. The van der Waals surface area contributed by atoms with Crippen LogP contribution in [-0.2, 0) is 21.0 Å². The molecule has 2 atom stereocenters. The summed E-state index contributed by atoms with van der Waals surface area (Å²) in [4.78, 5) is 2.69. The number of piperidine rings is 1. The van der Waals surface area contributed by atoms with Crippen LogP contribution < -0.4 is 4.31 Å². The average molecular weight is 363 g/mol. The maximum atomic E-state index is 12.5. The molecule has 2 heterocycles. The molecule has 0 amide bonds. The van der Waals surface area contributed by atoms with Gasteiger partial charge in [-0.25, -0.2) is 0 Å². The Morgan fingerprint density at radius 3 is 2.64 bits per heavy atom. The van der Waals surface area contributed by atoms with Gasteiger partial charge < -0.3 is 4.55 Å². The molecule has 2 fully saturated rings. The number of benzene rings is 1. The van der Waals surface area contributed by atoms with Crippen LogP contribution >= 0.6 is 0 Å². The van der Waals surface area contributed by atoms with Crippen molar-refractivity contribution in [1.29, 1.82) is 0 Å². The first-order valence-corrected chi connectivity index (χ1v) is 11.6. The van der Waals surface area contributed by atoms with Crippen LogP contribution in [0.2, 0.25) is 0 Å². The second kappa shape index (κ2) is 6.67. The third kappa shape index (κ3) is 3.51. The first kappa shape index (κ1) is 17.5. The zero-order valence-corrected chi connectivity index (χ0v) is 16.1. The summed E-state index contributed by atoms with van der Waals surface area (Å²) >= 11 is 0. The van der Waals surface area contributed by atoms with Gasteiger partial charge in [0, 0.05) is 18.0 Å². The summed E-state index contributed by atoms with van der Waals surface area (Å²) in [5, 5.41) is 0. The lowest BCUT2D eigenvalue weighted by atomic mass is 9.72. The minimum absolute atomic E-state index is 0.0765. The smallest absolute Gasteiger partial charge is 0.145 e. The lowest BCUT2D eigenvalue weighted by molar-refractivity contribution is 0.0446. The molecule has 1 spiro atoms. The summed E-state index contributed by atoms with van der Waals surface area (Å²) in [6, 6.07) is 8.79. The van der Waals surface area contributed by atoms with Gasteiger partial charge in [0.1, 0.15) is 16.7 Å². The maximum absolute atomic E-state index is 12.5. The van der Waals surface area contributed by atoms with E-state index in [9.17, 15) is 8.76 Å². The number of para-hydroxylation sites is 1. The van der Waals surface area contributed by atoms with Crippen molar-refractivity contribution in [3.05, 3.63) is 29.8 Å². The lowest BCUT2D eigenvalue weighted by Gasteiger charge is -2.51. The number of sulfonamides is 1. The van der Waals surface area contributed by atoms with Crippen molar-refractivity contribution in [2.45, 2.75) is 57.4 Å². The van der Waals surface area contributed by atoms with E-state index in [0.717, 1.165) is 31.1 Å². The monoisotopic (exact) mass is 362 g/mol. The normalized spacial score (nSPS) is 30.9. The quantitative estimate of drug-likeness (QED) is 0.755. The Balaban J connectivity index is 1.62.